The molecule has 0 saturated carbocycles. The van der Waals surface area contributed by atoms with Gasteiger partial charge in [0.1, 0.15) is 30.1 Å². The molecular formula is C20H21N3O4S. The summed E-state index contributed by atoms with van der Waals surface area (Å²) in [6, 6.07) is 17.0. The minimum atomic E-state index is -0.324. The molecule has 0 bridgehead atoms. The van der Waals surface area contributed by atoms with E-state index >= 15 is 0 Å². The van der Waals surface area contributed by atoms with Gasteiger partial charge in [0.25, 0.3) is 0 Å². The maximum atomic E-state index is 11.9. The first kappa shape index (κ1) is 19.8. The van der Waals surface area contributed by atoms with Gasteiger partial charge in [-0.3, -0.25) is 9.59 Å². The molecule has 1 aliphatic heterocycles. The number of carbonyl (C=O) groups excluding carboxylic acids is 2. The Kier molecular flexibility index (Phi) is 6.54. The van der Waals surface area contributed by atoms with Crippen LogP contribution in [-0.2, 0) is 9.59 Å². The van der Waals surface area contributed by atoms with Crippen molar-refractivity contribution < 1.29 is 19.1 Å². The number of rotatable bonds is 6. The summed E-state index contributed by atoms with van der Waals surface area (Å²) in [5, 5.41) is 8.25. The minimum Gasteiger partial charge on any atom is -0.490 e. The van der Waals surface area contributed by atoms with Crippen LogP contribution < -0.4 is 14.8 Å². The first-order valence-electron chi connectivity index (χ1n) is 8.76. The van der Waals surface area contributed by atoms with Gasteiger partial charge >= 0.3 is 0 Å². The second kappa shape index (κ2) is 9.27. The van der Waals surface area contributed by atoms with Crippen molar-refractivity contribution >= 4 is 28.7 Å². The van der Waals surface area contributed by atoms with Gasteiger partial charge in [0.2, 0.25) is 11.8 Å². The van der Waals surface area contributed by atoms with E-state index in [4.69, 9.17) is 9.47 Å². The van der Waals surface area contributed by atoms with Gasteiger partial charge in [-0.05, 0) is 29.8 Å². The molecule has 0 radical (unpaired) electrons. The highest BCUT2D eigenvalue weighted by Gasteiger charge is 2.32. The Morgan fingerprint density at radius 1 is 1.00 bits per heavy atom. The number of hydrogen-bond donors (Lipinski definition) is 1. The van der Waals surface area contributed by atoms with Crippen LogP contribution in [0.3, 0.4) is 0 Å². The fourth-order valence-corrected chi connectivity index (χ4v) is 3.68. The largest absolute Gasteiger partial charge is 0.490 e. The number of nitrogens with zero attached hydrogens (tertiary/aromatic N) is 2. The monoisotopic (exact) mass is 399 g/mol. The fraction of sp³-hybridized carbons (Fsp3) is 0.250. The van der Waals surface area contributed by atoms with Gasteiger partial charge in [-0.2, -0.15) is 0 Å². The van der Waals surface area contributed by atoms with E-state index in [0.29, 0.717) is 24.1 Å². The van der Waals surface area contributed by atoms with E-state index in [1.54, 1.807) is 0 Å². The molecule has 7 nitrogen and oxygen atoms in total. The standard InChI is InChI=1S/C20H21N3O4S/c1-14(24)21-20-22-23(15(2)25)19(28-20)16-8-10-18(11-9-16)27-13-12-26-17-6-4-3-5-7-17/h3-11,19H,12-13H2,1-2H3,(H,21,22,24). The second-order valence-corrected chi connectivity index (χ2v) is 7.07. The molecule has 0 fully saturated rings. The molecule has 28 heavy (non-hydrogen) atoms. The van der Waals surface area contributed by atoms with E-state index in [1.165, 1.54) is 30.6 Å². The average Bonchev–Trinajstić information content (AvgIpc) is 3.10. The van der Waals surface area contributed by atoms with Gasteiger partial charge in [-0.25, -0.2) is 5.01 Å². The number of carbonyl (C=O) groups is 2. The van der Waals surface area contributed by atoms with Crippen LogP contribution in [0.2, 0.25) is 0 Å². The van der Waals surface area contributed by atoms with Crippen molar-refractivity contribution in [2.75, 3.05) is 13.2 Å². The molecule has 1 unspecified atom stereocenters. The van der Waals surface area contributed by atoms with E-state index in [2.05, 4.69) is 10.4 Å². The predicted molar refractivity (Wildman–Crippen MR) is 108 cm³/mol. The Balaban J connectivity index is 1.54. The average molecular weight is 399 g/mol. The van der Waals surface area contributed by atoms with Gasteiger partial charge in [0.05, 0.1) is 0 Å². The Bertz CT molecular complexity index is 856. The lowest BCUT2D eigenvalue weighted by molar-refractivity contribution is -0.129. The number of ether oxygens (including phenoxy) is 2. The molecule has 2 aromatic rings. The highest BCUT2D eigenvalue weighted by atomic mass is 32.2. The van der Waals surface area contributed by atoms with Crippen LogP contribution in [-0.4, -0.2) is 35.2 Å². The Labute approximate surface area is 167 Å². The van der Waals surface area contributed by atoms with Crippen molar-refractivity contribution in [2.24, 2.45) is 5.10 Å². The molecule has 1 aliphatic rings. The third-order valence-corrected chi connectivity index (χ3v) is 4.88. The highest BCUT2D eigenvalue weighted by molar-refractivity contribution is 8.14. The van der Waals surface area contributed by atoms with Crippen LogP contribution in [0.4, 0.5) is 0 Å². The summed E-state index contributed by atoms with van der Waals surface area (Å²) in [4.78, 5) is 23.1. The zero-order chi connectivity index (χ0) is 19.9. The van der Waals surface area contributed by atoms with Gasteiger partial charge in [-0.15, -0.1) is 5.10 Å². The maximum Gasteiger partial charge on any atom is 0.241 e. The van der Waals surface area contributed by atoms with E-state index < -0.39 is 0 Å². The number of nitrogens with one attached hydrogen (secondary N) is 1. The summed E-state index contributed by atoms with van der Waals surface area (Å²) in [7, 11) is 0. The van der Waals surface area contributed by atoms with Crippen LogP contribution in [0.1, 0.15) is 24.8 Å². The van der Waals surface area contributed by atoms with Crippen molar-refractivity contribution in [1.29, 1.82) is 0 Å². The third kappa shape index (κ3) is 5.26. The lowest BCUT2D eigenvalue weighted by atomic mass is 10.2. The first-order chi connectivity index (χ1) is 13.5. The van der Waals surface area contributed by atoms with E-state index in [-0.39, 0.29) is 17.2 Å². The summed E-state index contributed by atoms with van der Waals surface area (Å²) in [6.07, 6.45) is 0. The number of amidine groups is 1. The van der Waals surface area contributed by atoms with Crippen molar-refractivity contribution in [3.05, 3.63) is 60.2 Å². The van der Waals surface area contributed by atoms with Gasteiger partial charge in [0.15, 0.2) is 5.17 Å². The summed E-state index contributed by atoms with van der Waals surface area (Å²) in [5.41, 5.74) is 0.886. The molecule has 3 rings (SSSR count). The molecule has 1 N–H and O–H groups in total. The quantitative estimate of drug-likeness (QED) is 0.755. The number of hydrogen-bond acceptors (Lipinski definition) is 6. The van der Waals surface area contributed by atoms with Crippen molar-refractivity contribution in [1.82, 2.24) is 10.3 Å². The normalized spacial score (nSPS) is 15.7. The maximum absolute atomic E-state index is 11.9. The number of benzene rings is 2. The van der Waals surface area contributed by atoms with Crippen LogP contribution >= 0.6 is 11.8 Å². The topological polar surface area (TPSA) is 80.2 Å². The smallest absolute Gasteiger partial charge is 0.241 e. The molecule has 1 heterocycles. The molecule has 2 amide bonds. The first-order valence-corrected chi connectivity index (χ1v) is 9.64. The summed E-state index contributed by atoms with van der Waals surface area (Å²) in [5.74, 6) is 1.09. The summed E-state index contributed by atoms with van der Waals surface area (Å²) in [6.45, 7) is 3.71. The lowest BCUT2D eigenvalue weighted by Gasteiger charge is -2.19. The summed E-state index contributed by atoms with van der Waals surface area (Å²) >= 11 is 1.32. The molecular weight excluding hydrogens is 378 g/mol. The van der Waals surface area contributed by atoms with Gasteiger partial charge in [-0.1, -0.05) is 42.1 Å². The number of thioether (sulfide) groups is 1. The summed E-state index contributed by atoms with van der Waals surface area (Å²) < 4.78 is 11.3. The minimum absolute atomic E-state index is 0.198. The molecule has 0 saturated heterocycles. The van der Waals surface area contributed by atoms with E-state index in [9.17, 15) is 9.59 Å². The lowest BCUT2D eigenvalue weighted by Crippen LogP contribution is -2.25. The number of amides is 2. The van der Waals surface area contributed by atoms with Crippen LogP contribution in [0.15, 0.2) is 59.7 Å². The molecule has 1 atom stereocenters. The van der Waals surface area contributed by atoms with Crippen LogP contribution in [0, 0.1) is 0 Å². The zero-order valence-corrected chi connectivity index (χ0v) is 16.4. The fourth-order valence-electron chi connectivity index (χ4n) is 2.54. The Hall–Kier alpha value is -3.00. The van der Waals surface area contributed by atoms with Crippen molar-refractivity contribution in [3.8, 4) is 11.5 Å². The SMILES string of the molecule is CC(=O)NC1=NN(C(C)=O)C(c2ccc(OCCOc3ccccc3)cc2)S1. The van der Waals surface area contributed by atoms with Crippen molar-refractivity contribution in [3.63, 3.8) is 0 Å². The molecule has 0 aromatic heterocycles. The van der Waals surface area contributed by atoms with E-state index in [1.807, 2.05) is 54.6 Å². The molecule has 2 aromatic carbocycles. The molecule has 146 valence electrons. The third-order valence-electron chi connectivity index (χ3n) is 3.78. The number of hydrazone groups is 1. The Morgan fingerprint density at radius 3 is 2.18 bits per heavy atom. The number of para-hydroxylation sites is 1. The predicted octanol–water partition coefficient (Wildman–Crippen LogP) is 3.15. The van der Waals surface area contributed by atoms with Crippen molar-refractivity contribution in [2.45, 2.75) is 19.2 Å². The zero-order valence-electron chi connectivity index (χ0n) is 15.6. The second-order valence-electron chi connectivity index (χ2n) is 6.00. The van der Waals surface area contributed by atoms with E-state index in [0.717, 1.165) is 11.3 Å². The van der Waals surface area contributed by atoms with Gasteiger partial charge in [0, 0.05) is 13.8 Å². The highest BCUT2D eigenvalue weighted by Crippen LogP contribution is 2.39. The molecule has 8 heteroatoms. The van der Waals surface area contributed by atoms with Gasteiger partial charge < -0.3 is 14.8 Å². The van der Waals surface area contributed by atoms with Crippen LogP contribution in [0.25, 0.3) is 0 Å². The Morgan fingerprint density at radius 2 is 1.61 bits per heavy atom. The molecule has 0 spiro atoms. The molecule has 0 aliphatic carbocycles. The van der Waals surface area contributed by atoms with Crippen LogP contribution in [0.5, 0.6) is 11.5 Å².